The Labute approximate surface area is 119 Å². The Hall–Kier alpha value is -1.69. The molecule has 0 atom stereocenters. The number of carbonyl (C=O) groups is 1. The Balaban J connectivity index is 2.50. The molecule has 6 heteroatoms. The molecule has 2 aromatic rings. The van der Waals surface area contributed by atoms with Crippen molar-refractivity contribution in [2.24, 2.45) is 0 Å². The van der Waals surface area contributed by atoms with Crippen molar-refractivity contribution in [3.63, 3.8) is 0 Å². The van der Waals surface area contributed by atoms with Crippen LogP contribution in [-0.4, -0.2) is 35.6 Å². The molecule has 0 spiro atoms. The lowest BCUT2D eigenvalue weighted by atomic mass is 10.2. The highest BCUT2D eigenvalue weighted by atomic mass is 28.3. The number of carbonyl (C=O) groups excluding carboxylic acids is 1. The van der Waals surface area contributed by atoms with E-state index in [0.717, 1.165) is 11.0 Å². The van der Waals surface area contributed by atoms with Crippen LogP contribution in [0.1, 0.15) is 12.5 Å². The lowest BCUT2D eigenvalue weighted by molar-refractivity contribution is -0.143. The maximum Gasteiger partial charge on any atom is 0.327 e. The van der Waals surface area contributed by atoms with Crippen LogP contribution in [0.4, 0.5) is 0 Å². The molecule has 1 heterocycles. The smallest absolute Gasteiger partial charge is 0.327 e. The first-order valence-electron chi connectivity index (χ1n) is 6.83. The van der Waals surface area contributed by atoms with Crippen LogP contribution >= 0.6 is 0 Å². The third-order valence-electron chi connectivity index (χ3n) is 3.16. The van der Waals surface area contributed by atoms with Gasteiger partial charge in [0, 0.05) is 0 Å². The van der Waals surface area contributed by atoms with Crippen molar-refractivity contribution < 1.29 is 9.53 Å². The number of hydrogen-bond acceptors (Lipinski definition) is 4. The van der Waals surface area contributed by atoms with Gasteiger partial charge in [-0.1, -0.05) is 30.9 Å². The predicted octanol–water partition coefficient (Wildman–Crippen LogP) is 1.85. The van der Waals surface area contributed by atoms with Crippen LogP contribution in [-0.2, 0) is 16.1 Å². The SMILES string of the molecule is CCOC(=O)Cn1nnc2c([Si](C)(C)C)cc(C)cc21. The first-order chi connectivity index (χ1) is 9.32. The van der Waals surface area contributed by atoms with Crippen molar-refractivity contribution in [2.75, 3.05) is 6.61 Å². The maximum atomic E-state index is 11.6. The van der Waals surface area contributed by atoms with Crippen molar-refractivity contribution in [2.45, 2.75) is 40.0 Å². The molecule has 0 amide bonds. The van der Waals surface area contributed by atoms with Crippen LogP contribution in [0.5, 0.6) is 0 Å². The molecule has 0 aliphatic carbocycles. The number of fused-ring (bicyclic) bond motifs is 1. The van der Waals surface area contributed by atoms with Crippen molar-refractivity contribution in [3.05, 3.63) is 17.7 Å². The molecule has 0 bridgehead atoms. The van der Waals surface area contributed by atoms with E-state index in [-0.39, 0.29) is 12.5 Å². The molecule has 0 aliphatic heterocycles. The van der Waals surface area contributed by atoms with Crippen molar-refractivity contribution >= 4 is 30.3 Å². The van der Waals surface area contributed by atoms with Crippen molar-refractivity contribution in [3.8, 4) is 0 Å². The lowest BCUT2D eigenvalue weighted by Crippen LogP contribution is -2.38. The average Bonchev–Trinajstić information content (AvgIpc) is 2.70. The molecule has 0 N–H and O–H groups in total. The summed E-state index contributed by atoms with van der Waals surface area (Å²) < 4.78 is 6.60. The van der Waals surface area contributed by atoms with E-state index in [1.807, 2.05) is 6.07 Å². The molecule has 108 valence electrons. The molecule has 0 radical (unpaired) electrons. The first-order valence-corrected chi connectivity index (χ1v) is 10.3. The van der Waals surface area contributed by atoms with E-state index < -0.39 is 8.07 Å². The number of aromatic nitrogens is 3. The zero-order chi connectivity index (χ0) is 14.9. The fraction of sp³-hybridized carbons (Fsp3) is 0.500. The molecule has 0 saturated heterocycles. The lowest BCUT2D eigenvalue weighted by Gasteiger charge is -2.17. The van der Waals surface area contributed by atoms with Gasteiger partial charge < -0.3 is 4.74 Å². The molecule has 0 aliphatic rings. The Morgan fingerprint density at radius 2 is 2.05 bits per heavy atom. The predicted molar refractivity (Wildman–Crippen MR) is 81.9 cm³/mol. The molecular formula is C14H21N3O2Si. The number of benzene rings is 1. The highest BCUT2D eigenvalue weighted by Crippen LogP contribution is 2.16. The minimum absolute atomic E-state index is 0.110. The minimum Gasteiger partial charge on any atom is -0.465 e. The quantitative estimate of drug-likeness (QED) is 0.637. The number of nitrogens with zero attached hydrogens (tertiary/aromatic N) is 3. The van der Waals surface area contributed by atoms with Crippen molar-refractivity contribution in [1.82, 2.24) is 15.0 Å². The highest BCUT2D eigenvalue weighted by molar-refractivity contribution is 6.90. The minimum atomic E-state index is -1.50. The zero-order valence-electron chi connectivity index (χ0n) is 12.7. The van der Waals surface area contributed by atoms with E-state index in [9.17, 15) is 4.79 Å². The van der Waals surface area contributed by atoms with Gasteiger partial charge in [0.2, 0.25) is 0 Å². The number of esters is 1. The molecule has 2 rings (SSSR count). The Morgan fingerprint density at radius 1 is 1.35 bits per heavy atom. The molecule has 0 unspecified atom stereocenters. The summed E-state index contributed by atoms with van der Waals surface area (Å²) in [6, 6.07) is 4.22. The molecule has 0 fully saturated rings. The summed E-state index contributed by atoms with van der Waals surface area (Å²) in [4.78, 5) is 11.6. The molecule has 1 aromatic heterocycles. The van der Waals surface area contributed by atoms with E-state index in [1.165, 1.54) is 10.8 Å². The third-order valence-corrected chi connectivity index (χ3v) is 5.15. The summed E-state index contributed by atoms with van der Waals surface area (Å²) in [5.41, 5.74) is 3.00. The summed E-state index contributed by atoms with van der Waals surface area (Å²) in [5.74, 6) is -0.282. The first kappa shape index (κ1) is 14.7. The second kappa shape index (κ2) is 5.36. The third kappa shape index (κ3) is 2.90. The van der Waals surface area contributed by atoms with Crippen molar-refractivity contribution in [1.29, 1.82) is 0 Å². The van der Waals surface area contributed by atoms with Gasteiger partial charge >= 0.3 is 5.97 Å². The van der Waals surface area contributed by atoms with Gasteiger partial charge in [0.15, 0.2) is 0 Å². The second-order valence-electron chi connectivity index (χ2n) is 5.98. The van der Waals surface area contributed by atoms with Crippen LogP contribution in [0.2, 0.25) is 19.6 Å². The zero-order valence-corrected chi connectivity index (χ0v) is 13.7. The van der Waals surface area contributed by atoms with E-state index >= 15 is 0 Å². The van der Waals surface area contributed by atoms with Crippen LogP contribution in [0, 0.1) is 6.92 Å². The molecule has 0 saturated carbocycles. The molecule has 20 heavy (non-hydrogen) atoms. The summed E-state index contributed by atoms with van der Waals surface area (Å²) in [6.45, 7) is 11.2. The fourth-order valence-corrected chi connectivity index (χ4v) is 3.78. The number of rotatable bonds is 4. The molecule has 5 nitrogen and oxygen atoms in total. The van der Waals surface area contributed by atoms with Gasteiger partial charge in [0.05, 0.1) is 20.2 Å². The Kier molecular flexibility index (Phi) is 3.94. The summed E-state index contributed by atoms with van der Waals surface area (Å²) in [5, 5.41) is 9.68. The molecule has 1 aromatic carbocycles. The second-order valence-corrected chi connectivity index (χ2v) is 11.0. The summed E-state index contributed by atoms with van der Waals surface area (Å²) in [6.07, 6.45) is 0. The average molecular weight is 291 g/mol. The van der Waals surface area contributed by atoms with Gasteiger partial charge in [-0.2, -0.15) is 0 Å². The van der Waals surface area contributed by atoms with Gasteiger partial charge in [0.25, 0.3) is 0 Å². The summed E-state index contributed by atoms with van der Waals surface area (Å²) in [7, 11) is -1.50. The number of aryl methyl sites for hydroxylation is 1. The van der Waals surface area contributed by atoms with Crippen LogP contribution in [0.15, 0.2) is 12.1 Å². The van der Waals surface area contributed by atoms with Gasteiger partial charge in [0.1, 0.15) is 12.1 Å². The van der Waals surface area contributed by atoms with E-state index in [4.69, 9.17) is 4.74 Å². The number of hydrogen-bond donors (Lipinski definition) is 0. The summed E-state index contributed by atoms with van der Waals surface area (Å²) >= 11 is 0. The van der Waals surface area contributed by atoms with Crippen LogP contribution < -0.4 is 5.19 Å². The normalized spacial score (nSPS) is 11.8. The van der Waals surface area contributed by atoms with Gasteiger partial charge in [-0.25, -0.2) is 4.68 Å². The van der Waals surface area contributed by atoms with Gasteiger partial charge in [-0.05, 0) is 30.7 Å². The maximum absolute atomic E-state index is 11.6. The Bertz CT molecular complexity index is 644. The number of ether oxygens (including phenoxy) is 1. The standard InChI is InChI=1S/C14H21N3O2Si/c1-6-19-13(18)9-17-11-7-10(2)8-12(20(3,4)5)14(11)15-16-17/h7-8H,6,9H2,1-5H3. The van der Waals surface area contributed by atoms with Gasteiger partial charge in [-0.3, -0.25) is 4.79 Å². The monoisotopic (exact) mass is 291 g/mol. The topological polar surface area (TPSA) is 57.0 Å². The van der Waals surface area contributed by atoms with E-state index in [1.54, 1.807) is 11.6 Å². The largest absolute Gasteiger partial charge is 0.465 e. The van der Waals surface area contributed by atoms with Gasteiger partial charge in [-0.15, -0.1) is 5.10 Å². The molecular weight excluding hydrogens is 270 g/mol. The Morgan fingerprint density at radius 3 is 2.65 bits per heavy atom. The van der Waals surface area contributed by atoms with Crippen LogP contribution in [0.25, 0.3) is 11.0 Å². The highest BCUT2D eigenvalue weighted by Gasteiger charge is 2.23. The fourth-order valence-electron chi connectivity index (χ4n) is 2.23. The van der Waals surface area contributed by atoms with E-state index in [2.05, 4.69) is 42.9 Å². The van der Waals surface area contributed by atoms with Crippen LogP contribution in [0.3, 0.4) is 0 Å². The van der Waals surface area contributed by atoms with E-state index in [0.29, 0.717) is 6.61 Å².